The van der Waals surface area contributed by atoms with E-state index in [1.165, 1.54) is 6.33 Å². The normalized spacial score (nSPS) is 9.93. The summed E-state index contributed by atoms with van der Waals surface area (Å²) in [6, 6.07) is 0. The van der Waals surface area contributed by atoms with E-state index in [2.05, 4.69) is 21.9 Å². The minimum Gasteiger partial charge on any atom is -0.364 e. The number of nitrogens with zero attached hydrogens (tertiary/aromatic N) is 2. The van der Waals surface area contributed by atoms with E-state index in [1.54, 1.807) is 0 Å². The van der Waals surface area contributed by atoms with Gasteiger partial charge in [0, 0.05) is 6.54 Å². The summed E-state index contributed by atoms with van der Waals surface area (Å²) >= 11 is 0. The number of aryl methyl sites for hydroxylation is 1. The molecule has 0 aliphatic heterocycles. The van der Waals surface area contributed by atoms with Crippen LogP contribution in [0, 0.1) is 5.82 Å². The van der Waals surface area contributed by atoms with Crippen molar-refractivity contribution in [3.63, 3.8) is 0 Å². The van der Waals surface area contributed by atoms with Crippen molar-refractivity contribution >= 4 is 5.82 Å². The van der Waals surface area contributed by atoms with Crippen molar-refractivity contribution in [2.24, 2.45) is 0 Å². The first kappa shape index (κ1) is 10.6. The fourth-order valence-corrected chi connectivity index (χ4v) is 1.01. The van der Waals surface area contributed by atoms with Gasteiger partial charge in [-0.05, 0) is 13.3 Å². The summed E-state index contributed by atoms with van der Waals surface area (Å²) in [4.78, 5) is 7.66. The molecule has 1 aromatic rings. The molecule has 0 fully saturated rings. The minimum atomic E-state index is -0.365. The topological polar surface area (TPSA) is 37.8 Å². The first-order chi connectivity index (χ1) is 6.65. The molecular formula is C10H14FN3. The predicted octanol–water partition coefficient (Wildman–Crippen LogP) is 2.17. The second-order valence-corrected chi connectivity index (χ2v) is 3.15. The SMILES string of the molecule is C=C(C)CNc1ncnc(CC)c1F. The Kier molecular flexibility index (Phi) is 3.56. The van der Waals surface area contributed by atoms with Crippen molar-refractivity contribution in [2.45, 2.75) is 20.3 Å². The molecule has 1 rings (SSSR count). The van der Waals surface area contributed by atoms with Crippen LogP contribution in [0.15, 0.2) is 18.5 Å². The molecule has 0 saturated carbocycles. The Morgan fingerprint density at radius 3 is 2.86 bits per heavy atom. The van der Waals surface area contributed by atoms with E-state index in [-0.39, 0.29) is 11.6 Å². The maximum absolute atomic E-state index is 13.5. The van der Waals surface area contributed by atoms with Crippen molar-refractivity contribution < 1.29 is 4.39 Å². The lowest BCUT2D eigenvalue weighted by Crippen LogP contribution is -2.08. The standard InChI is InChI=1S/C10H14FN3/c1-4-8-9(11)10(14-6-13-8)12-5-7(2)3/h6H,2,4-5H2,1,3H3,(H,12,13,14). The molecule has 1 heterocycles. The number of aromatic nitrogens is 2. The summed E-state index contributed by atoms with van der Waals surface area (Å²) in [5, 5.41) is 2.86. The molecule has 0 unspecified atom stereocenters. The maximum Gasteiger partial charge on any atom is 0.186 e. The highest BCUT2D eigenvalue weighted by atomic mass is 19.1. The van der Waals surface area contributed by atoms with E-state index in [0.29, 0.717) is 18.7 Å². The van der Waals surface area contributed by atoms with Gasteiger partial charge < -0.3 is 5.32 Å². The smallest absolute Gasteiger partial charge is 0.186 e. The molecule has 0 atom stereocenters. The van der Waals surface area contributed by atoms with Crippen LogP contribution in [0.5, 0.6) is 0 Å². The fraction of sp³-hybridized carbons (Fsp3) is 0.400. The van der Waals surface area contributed by atoms with Crippen LogP contribution < -0.4 is 5.32 Å². The summed E-state index contributed by atoms with van der Waals surface area (Å²) in [6.45, 7) is 7.96. The van der Waals surface area contributed by atoms with Crippen LogP contribution >= 0.6 is 0 Å². The van der Waals surface area contributed by atoms with E-state index in [1.807, 2.05) is 13.8 Å². The zero-order chi connectivity index (χ0) is 10.6. The molecule has 0 saturated heterocycles. The Balaban J connectivity index is 2.81. The Hall–Kier alpha value is -1.45. The van der Waals surface area contributed by atoms with Crippen molar-refractivity contribution in [1.82, 2.24) is 9.97 Å². The predicted molar refractivity (Wildman–Crippen MR) is 54.7 cm³/mol. The molecule has 0 aliphatic carbocycles. The Labute approximate surface area is 83.1 Å². The lowest BCUT2D eigenvalue weighted by Gasteiger charge is -2.07. The van der Waals surface area contributed by atoms with Crippen molar-refractivity contribution in [1.29, 1.82) is 0 Å². The van der Waals surface area contributed by atoms with Crippen molar-refractivity contribution in [3.05, 3.63) is 30.0 Å². The van der Waals surface area contributed by atoms with E-state index in [0.717, 1.165) is 5.57 Å². The summed E-state index contributed by atoms with van der Waals surface area (Å²) in [7, 11) is 0. The van der Waals surface area contributed by atoms with Gasteiger partial charge in [-0.1, -0.05) is 19.1 Å². The third-order valence-corrected chi connectivity index (χ3v) is 1.75. The quantitative estimate of drug-likeness (QED) is 0.748. The van der Waals surface area contributed by atoms with Gasteiger partial charge in [-0.15, -0.1) is 0 Å². The lowest BCUT2D eigenvalue weighted by molar-refractivity contribution is 0.597. The Morgan fingerprint density at radius 2 is 2.29 bits per heavy atom. The number of anilines is 1. The number of hydrogen-bond donors (Lipinski definition) is 1. The fourth-order valence-electron chi connectivity index (χ4n) is 1.01. The van der Waals surface area contributed by atoms with E-state index >= 15 is 0 Å². The Morgan fingerprint density at radius 1 is 1.57 bits per heavy atom. The third-order valence-electron chi connectivity index (χ3n) is 1.75. The van der Waals surface area contributed by atoms with Crippen LogP contribution in [0.4, 0.5) is 10.2 Å². The average molecular weight is 195 g/mol. The molecule has 14 heavy (non-hydrogen) atoms. The van der Waals surface area contributed by atoms with Crippen molar-refractivity contribution in [3.8, 4) is 0 Å². The zero-order valence-electron chi connectivity index (χ0n) is 8.47. The summed E-state index contributed by atoms with van der Waals surface area (Å²) in [6.07, 6.45) is 1.93. The highest BCUT2D eigenvalue weighted by Gasteiger charge is 2.08. The molecule has 0 spiro atoms. The summed E-state index contributed by atoms with van der Waals surface area (Å²) in [5.74, 6) is -0.115. The molecule has 0 aromatic carbocycles. The number of rotatable bonds is 4. The van der Waals surface area contributed by atoms with E-state index < -0.39 is 0 Å². The summed E-state index contributed by atoms with van der Waals surface area (Å²) < 4.78 is 13.5. The van der Waals surface area contributed by atoms with Gasteiger partial charge in [0.25, 0.3) is 0 Å². The van der Waals surface area contributed by atoms with Gasteiger partial charge in [0.1, 0.15) is 6.33 Å². The van der Waals surface area contributed by atoms with Gasteiger partial charge in [-0.25, -0.2) is 14.4 Å². The lowest BCUT2D eigenvalue weighted by atomic mass is 10.3. The van der Waals surface area contributed by atoms with E-state index in [9.17, 15) is 4.39 Å². The molecule has 1 aromatic heterocycles. The van der Waals surface area contributed by atoms with Gasteiger partial charge in [0.2, 0.25) is 0 Å². The molecule has 1 N–H and O–H groups in total. The highest BCUT2D eigenvalue weighted by Crippen LogP contribution is 2.13. The second-order valence-electron chi connectivity index (χ2n) is 3.15. The molecule has 0 amide bonds. The minimum absolute atomic E-state index is 0.250. The van der Waals surface area contributed by atoms with Crippen LogP contribution in [0.25, 0.3) is 0 Å². The van der Waals surface area contributed by atoms with Crippen LogP contribution in [0.1, 0.15) is 19.5 Å². The Bertz CT molecular complexity index is 336. The highest BCUT2D eigenvalue weighted by molar-refractivity contribution is 5.38. The number of hydrogen-bond acceptors (Lipinski definition) is 3. The number of nitrogens with one attached hydrogen (secondary N) is 1. The molecule has 0 aliphatic rings. The van der Waals surface area contributed by atoms with Crippen molar-refractivity contribution in [2.75, 3.05) is 11.9 Å². The molecule has 3 nitrogen and oxygen atoms in total. The maximum atomic E-state index is 13.5. The largest absolute Gasteiger partial charge is 0.364 e. The first-order valence-electron chi connectivity index (χ1n) is 4.52. The van der Waals surface area contributed by atoms with Gasteiger partial charge in [-0.2, -0.15) is 0 Å². The van der Waals surface area contributed by atoms with Gasteiger partial charge in [-0.3, -0.25) is 0 Å². The van der Waals surface area contributed by atoms with Crippen LogP contribution in [0.2, 0.25) is 0 Å². The summed E-state index contributed by atoms with van der Waals surface area (Å²) in [5.41, 5.74) is 1.37. The van der Waals surface area contributed by atoms with Crippen LogP contribution in [-0.4, -0.2) is 16.5 Å². The van der Waals surface area contributed by atoms with Gasteiger partial charge >= 0.3 is 0 Å². The van der Waals surface area contributed by atoms with Gasteiger partial charge in [0.05, 0.1) is 5.69 Å². The van der Waals surface area contributed by atoms with Gasteiger partial charge in [0.15, 0.2) is 11.6 Å². The van der Waals surface area contributed by atoms with Crippen LogP contribution in [-0.2, 0) is 6.42 Å². The third kappa shape index (κ3) is 2.52. The second kappa shape index (κ2) is 4.69. The molecule has 76 valence electrons. The zero-order valence-corrected chi connectivity index (χ0v) is 8.47. The molecule has 0 radical (unpaired) electrons. The average Bonchev–Trinajstić information content (AvgIpc) is 2.16. The van der Waals surface area contributed by atoms with Crippen LogP contribution in [0.3, 0.4) is 0 Å². The molecule has 4 heteroatoms. The van der Waals surface area contributed by atoms with E-state index in [4.69, 9.17) is 0 Å². The monoisotopic (exact) mass is 195 g/mol. The molecular weight excluding hydrogens is 181 g/mol. The number of halogens is 1. The first-order valence-corrected chi connectivity index (χ1v) is 4.52. The molecule has 0 bridgehead atoms.